The van der Waals surface area contributed by atoms with Crippen LogP contribution >= 0.6 is 0 Å². The molecule has 1 aliphatic carbocycles. The molecule has 0 radical (unpaired) electrons. The second kappa shape index (κ2) is 8.90. The number of ether oxygens (including phenoxy) is 2. The molecule has 29 heavy (non-hydrogen) atoms. The lowest BCUT2D eigenvalue weighted by Gasteiger charge is -2.23. The van der Waals surface area contributed by atoms with Crippen LogP contribution in [0, 0.1) is 5.41 Å². The highest BCUT2D eigenvalue weighted by Gasteiger charge is 2.52. The van der Waals surface area contributed by atoms with Gasteiger partial charge in [-0.05, 0) is 55.5 Å². The Kier molecular flexibility index (Phi) is 6.32. The third-order valence-electron chi connectivity index (χ3n) is 5.08. The van der Waals surface area contributed by atoms with Crippen molar-refractivity contribution in [1.82, 2.24) is 5.32 Å². The van der Waals surface area contributed by atoms with Gasteiger partial charge < -0.3 is 14.8 Å². The first-order valence-electron chi connectivity index (χ1n) is 9.78. The molecule has 0 fully saturated rings. The number of esters is 2. The first kappa shape index (κ1) is 20.6. The molecule has 1 N–H and O–H groups in total. The Hall–Kier alpha value is -3.15. The number of carbonyl (C=O) groups excluding carboxylic acids is 3. The summed E-state index contributed by atoms with van der Waals surface area (Å²) in [6, 6.07) is 14.7. The van der Waals surface area contributed by atoms with Gasteiger partial charge in [0.1, 0.15) is 0 Å². The minimum Gasteiger partial charge on any atom is -0.465 e. The van der Waals surface area contributed by atoms with Crippen LogP contribution in [-0.2, 0) is 38.4 Å². The highest BCUT2D eigenvalue weighted by atomic mass is 16.6. The third-order valence-corrected chi connectivity index (χ3v) is 5.08. The zero-order valence-corrected chi connectivity index (χ0v) is 16.7. The van der Waals surface area contributed by atoms with Crippen LogP contribution in [0.4, 0.5) is 0 Å². The summed E-state index contributed by atoms with van der Waals surface area (Å²) < 4.78 is 10.4. The van der Waals surface area contributed by atoms with E-state index in [1.54, 1.807) is 26.0 Å². The number of hydrogen-bond donors (Lipinski definition) is 1. The largest absolute Gasteiger partial charge is 0.465 e. The second-order valence-corrected chi connectivity index (χ2v) is 7.03. The van der Waals surface area contributed by atoms with Gasteiger partial charge in [0.25, 0.3) is 5.91 Å². The molecule has 0 aliphatic heterocycles. The molecule has 0 aromatic heterocycles. The lowest BCUT2D eigenvalue weighted by molar-refractivity contribution is -0.171. The van der Waals surface area contributed by atoms with Gasteiger partial charge in [-0.25, -0.2) is 0 Å². The van der Waals surface area contributed by atoms with Crippen LogP contribution < -0.4 is 5.32 Å². The molecule has 6 heteroatoms. The van der Waals surface area contributed by atoms with Crippen molar-refractivity contribution in [1.29, 1.82) is 0 Å². The molecule has 0 unspecified atom stereocenters. The molecule has 3 rings (SSSR count). The maximum absolute atomic E-state index is 12.6. The van der Waals surface area contributed by atoms with Gasteiger partial charge in [-0.15, -0.1) is 0 Å². The Bertz CT molecular complexity index is 889. The Morgan fingerprint density at radius 3 is 2.14 bits per heavy atom. The molecular formula is C23H25NO5. The zero-order valence-electron chi connectivity index (χ0n) is 16.7. The SMILES string of the molecule is CCOC(=O)C1(C(=O)OCC)Cc2ccc(CNC(=O)c3ccccc3)cc2C1. The molecule has 1 aliphatic rings. The minimum atomic E-state index is -1.33. The number of nitrogens with one attached hydrogen (secondary N) is 1. The quantitative estimate of drug-likeness (QED) is 0.576. The molecule has 6 nitrogen and oxygen atoms in total. The average molecular weight is 395 g/mol. The Morgan fingerprint density at radius 1 is 0.897 bits per heavy atom. The number of amides is 1. The van der Waals surface area contributed by atoms with Crippen molar-refractivity contribution in [3.8, 4) is 0 Å². The maximum atomic E-state index is 12.6. The van der Waals surface area contributed by atoms with Crippen molar-refractivity contribution in [3.63, 3.8) is 0 Å². The molecular weight excluding hydrogens is 370 g/mol. The number of rotatable bonds is 7. The van der Waals surface area contributed by atoms with E-state index in [1.165, 1.54) is 0 Å². The number of hydrogen-bond acceptors (Lipinski definition) is 5. The van der Waals surface area contributed by atoms with Crippen molar-refractivity contribution < 1.29 is 23.9 Å². The van der Waals surface area contributed by atoms with Crippen molar-refractivity contribution in [2.24, 2.45) is 5.41 Å². The Morgan fingerprint density at radius 2 is 1.52 bits per heavy atom. The summed E-state index contributed by atoms with van der Waals surface area (Å²) in [5.41, 5.74) is 1.98. The van der Waals surface area contributed by atoms with E-state index in [-0.39, 0.29) is 32.0 Å². The van der Waals surface area contributed by atoms with Crippen molar-refractivity contribution in [2.75, 3.05) is 13.2 Å². The van der Waals surface area contributed by atoms with Crippen molar-refractivity contribution >= 4 is 17.8 Å². The summed E-state index contributed by atoms with van der Waals surface area (Å²) >= 11 is 0. The number of benzene rings is 2. The molecule has 152 valence electrons. The molecule has 0 atom stereocenters. The van der Waals surface area contributed by atoms with Crippen LogP contribution in [-0.4, -0.2) is 31.1 Å². The van der Waals surface area contributed by atoms with Crippen molar-refractivity contribution in [3.05, 3.63) is 70.8 Å². The van der Waals surface area contributed by atoms with Crippen molar-refractivity contribution in [2.45, 2.75) is 33.2 Å². The third kappa shape index (κ3) is 4.31. The van der Waals surface area contributed by atoms with Crippen LogP contribution in [0.5, 0.6) is 0 Å². The van der Waals surface area contributed by atoms with E-state index in [9.17, 15) is 14.4 Å². The molecule has 2 aromatic rings. The molecule has 0 saturated heterocycles. The van der Waals surface area contributed by atoms with E-state index in [0.29, 0.717) is 12.1 Å². The molecule has 0 spiro atoms. The Labute approximate surface area is 170 Å². The molecule has 1 amide bonds. The monoisotopic (exact) mass is 395 g/mol. The Balaban J connectivity index is 1.75. The summed E-state index contributed by atoms with van der Waals surface area (Å²) in [6.07, 6.45) is 0.497. The van der Waals surface area contributed by atoms with Gasteiger partial charge >= 0.3 is 11.9 Å². The lowest BCUT2D eigenvalue weighted by Crippen LogP contribution is -2.43. The summed E-state index contributed by atoms with van der Waals surface area (Å²) in [4.78, 5) is 37.5. The molecule has 0 bridgehead atoms. The fourth-order valence-electron chi connectivity index (χ4n) is 3.62. The van der Waals surface area contributed by atoms with E-state index < -0.39 is 17.4 Å². The first-order valence-corrected chi connectivity index (χ1v) is 9.78. The van der Waals surface area contributed by atoms with Gasteiger partial charge in [-0.1, -0.05) is 36.4 Å². The first-order chi connectivity index (χ1) is 14.0. The fraction of sp³-hybridized carbons (Fsp3) is 0.348. The standard InChI is InChI=1S/C23H25NO5/c1-3-28-21(26)23(22(27)29-4-2)13-18-11-10-16(12-19(18)14-23)15-24-20(25)17-8-6-5-7-9-17/h5-12H,3-4,13-15H2,1-2H3,(H,24,25). The lowest BCUT2D eigenvalue weighted by atomic mass is 9.84. The van der Waals surface area contributed by atoms with Gasteiger partial charge in [0, 0.05) is 12.1 Å². The summed E-state index contributed by atoms with van der Waals surface area (Å²) in [7, 11) is 0. The molecule has 0 saturated carbocycles. The predicted octanol–water partition coefficient (Wildman–Crippen LogP) is 2.83. The van der Waals surface area contributed by atoms with Crippen LogP contribution in [0.2, 0.25) is 0 Å². The number of carbonyl (C=O) groups is 3. The zero-order chi connectivity index (χ0) is 20.9. The van der Waals surface area contributed by atoms with Gasteiger partial charge in [0.2, 0.25) is 0 Å². The highest BCUT2D eigenvalue weighted by molar-refractivity contribution is 6.01. The van der Waals surface area contributed by atoms with Crippen LogP contribution in [0.1, 0.15) is 40.9 Å². The summed E-state index contributed by atoms with van der Waals surface area (Å²) in [5, 5.41) is 2.89. The second-order valence-electron chi connectivity index (χ2n) is 7.03. The molecule has 0 heterocycles. The van der Waals surface area contributed by atoms with E-state index in [4.69, 9.17) is 9.47 Å². The fourth-order valence-corrected chi connectivity index (χ4v) is 3.62. The topological polar surface area (TPSA) is 81.7 Å². The van der Waals surface area contributed by atoms with E-state index in [2.05, 4.69) is 5.32 Å². The van der Waals surface area contributed by atoms with Crippen LogP contribution in [0.25, 0.3) is 0 Å². The van der Waals surface area contributed by atoms with Gasteiger partial charge in [-0.3, -0.25) is 14.4 Å². The van der Waals surface area contributed by atoms with E-state index in [0.717, 1.165) is 16.7 Å². The smallest absolute Gasteiger partial charge is 0.324 e. The van der Waals surface area contributed by atoms with Crippen LogP contribution in [0.3, 0.4) is 0 Å². The van der Waals surface area contributed by atoms with E-state index >= 15 is 0 Å². The van der Waals surface area contributed by atoms with Gasteiger partial charge in [0.05, 0.1) is 13.2 Å². The van der Waals surface area contributed by atoms with Gasteiger partial charge in [-0.2, -0.15) is 0 Å². The van der Waals surface area contributed by atoms with Gasteiger partial charge in [0.15, 0.2) is 5.41 Å². The minimum absolute atomic E-state index is 0.154. The predicted molar refractivity (Wildman–Crippen MR) is 107 cm³/mol. The summed E-state index contributed by atoms with van der Waals surface area (Å²) in [6.45, 7) is 4.19. The van der Waals surface area contributed by atoms with Crippen LogP contribution in [0.15, 0.2) is 48.5 Å². The van der Waals surface area contributed by atoms with E-state index in [1.807, 2.05) is 36.4 Å². The highest BCUT2D eigenvalue weighted by Crippen LogP contribution is 2.40. The molecule has 2 aromatic carbocycles. The normalized spacial score (nSPS) is 14.0. The maximum Gasteiger partial charge on any atom is 0.324 e. The average Bonchev–Trinajstić information content (AvgIpc) is 3.13. The summed E-state index contributed by atoms with van der Waals surface area (Å²) in [5.74, 6) is -1.25. The number of fused-ring (bicyclic) bond motifs is 1.